The third kappa shape index (κ3) is 8.15. The Morgan fingerprint density at radius 1 is 0.865 bits per heavy atom. The van der Waals surface area contributed by atoms with Gasteiger partial charge in [0.2, 0.25) is 0 Å². The molecule has 0 amide bonds. The van der Waals surface area contributed by atoms with Crippen LogP contribution in [0, 0.1) is 11.7 Å². The summed E-state index contributed by atoms with van der Waals surface area (Å²) in [5, 5.41) is 14.2. The molecule has 1 aliphatic heterocycles. The average Bonchev–Trinajstić information content (AvgIpc) is 3.31. The van der Waals surface area contributed by atoms with Gasteiger partial charge in [0.25, 0.3) is 0 Å². The first kappa shape index (κ1) is 30.0. The van der Waals surface area contributed by atoms with Crippen molar-refractivity contribution >= 4 is 11.9 Å². The normalized spacial score (nSPS) is 20.8. The number of likely N-dealkylation sites (tertiary alicyclic amines) is 1. The van der Waals surface area contributed by atoms with Crippen LogP contribution in [-0.2, 0) is 16.1 Å². The maximum absolute atomic E-state index is 13.1. The summed E-state index contributed by atoms with van der Waals surface area (Å²) >= 11 is 0. The molecule has 0 spiro atoms. The highest BCUT2D eigenvalue weighted by atomic mass is 19.4. The standard InChI is InChI=1S/C20H23FN2.2C2HF3O2/c1-22(2)20-17-6-4-3-5-16(17)18-12-23(13-19(18)20)11-14-7-9-15(21)10-8-14;2*3-2(4,5)1(6)7/h3-10,18-20H,11-13H2,1-2H3;2*(H,6,7)/t18-,19-,20-;;/m0../s1. The second-order valence-electron chi connectivity index (χ2n) is 8.73. The lowest BCUT2D eigenvalue weighted by atomic mass is 9.94. The lowest BCUT2D eigenvalue weighted by molar-refractivity contribution is -0.193. The number of carboxylic acids is 2. The van der Waals surface area contributed by atoms with Crippen molar-refractivity contribution in [1.29, 1.82) is 0 Å². The molecule has 1 saturated heterocycles. The number of nitrogens with zero attached hydrogens (tertiary/aromatic N) is 2. The van der Waals surface area contributed by atoms with E-state index >= 15 is 0 Å². The van der Waals surface area contributed by atoms with Gasteiger partial charge in [-0.1, -0.05) is 36.4 Å². The van der Waals surface area contributed by atoms with Crippen molar-refractivity contribution in [2.75, 3.05) is 27.2 Å². The summed E-state index contributed by atoms with van der Waals surface area (Å²) < 4.78 is 76.5. The van der Waals surface area contributed by atoms with Crippen LogP contribution >= 0.6 is 0 Å². The summed E-state index contributed by atoms with van der Waals surface area (Å²) in [7, 11) is 4.37. The van der Waals surface area contributed by atoms with Crippen molar-refractivity contribution in [2.24, 2.45) is 5.92 Å². The molecule has 1 aliphatic carbocycles. The van der Waals surface area contributed by atoms with Crippen molar-refractivity contribution in [2.45, 2.75) is 30.9 Å². The fourth-order valence-corrected chi connectivity index (χ4v) is 4.55. The number of halogens is 7. The lowest BCUT2D eigenvalue weighted by Gasteiger charge is -2.27. The Bertz CT molecular complexity index is 1050. The molecule has 37 heavy (non-hydrogen) atoms. The van der Waals surface area contributed by atoms with Gasteiger partial charge in [-0.05, 0) is 48.8 Å². The number of benzene rings is 2. The Balaban J connectivity index is 0.000000286. The van der Waals surface area contributed by atoms with Crippen LogP contribution in [0.15, 0.2) is 48.5 Å². The van der Waals surface area contributed by atoms with Crippen LogP contribution in [0.2, 0.25) is 0 Å². The minimum atomic E-state index is -5.08. The molecule has 6 nitrogen and oxygen atoms in total. The SMILES string of the molecule is CN(C)[C@H]1c2ccccc2[C@@H]2CN(Cc3ccc(F)cc3)C[C@@H]21.O=C(O)C(F)(F)F.O=C(O)C(F)(F)F. The molecule has 1 fully saturated rings. The van der Waals surface area contributed by atoms with E-state index < -0.39 is 24.3 Å². The molecule has 2 aromatic carbocycles. The Morgan fingerprint density at radius 3 is 1.76 bits per heavy atom. The molecule has 2 N–H and O–H groups in total. The number of aliphatic carboxylic acids is 2. The highest BCUT2D eigenvalue weighted by Gasteiger charge is 2.46. The topological polar surface area (TPSA) is 81.1 Å². The van der Waals surface area contributed by atoms with E-state index in [0.717, 1.165) is 19.6 Å². The fourth-order valence-electron chi connectivity index (χ4n) is 4.55. The molecular formula is C24H25F7N2O4. The molecule has 2 aromatic rings. The first-order valence-electron chi connectivity index (χ1n) is 10.8. The van der Waals surface area contributed by atoms with E-state index in [-0.39, 0.29) is 5.82 Å². The predicted molar refractivity (Wildman–Crippen MR) is 118 cm³/mol. The van der Waals surface area contributed by atoms with Crippen LogP contribution in [0.25, 0.3) is 0 Å². The van der Waals surface area contributed by atoms with Crippen LogP contribution in [0.1, 0.15) is 28.7 Å². The Hall–Kier alpha value is -3.19. The number of rotatable bonds is 3. The predicted octanol–water partition coefficient (Wildman–Crippen LogP) is 4.92. The van der Waals surface area contributed by atoms with Gasteiger partial charge in [0.05, 0.1) is 0 Å². The maximum atomic E-state index is 13.1. The quantitative estimate of drug-likeness (QED) is 0.540. The van der Waals surface area contributed by atoms with E-state index in [1.165, 1.54) is 16.7 Å². The number of carboxylic acid groups (broad SMARTS) is 2. The fraction of sp³-hybridized carbons (Fsp3) is 0.417. The molecule has 0 radical (unpaired) electrons. The molecule has 0 aromatic heterocycles. The summed E-state index contributed by atoms with van der Waals surface area (Å²) in [4.78, 5) is 22.7. The van der Waals surface area contributed by atoms with Gasteiger partial charge >= 0.3 is 24.3 Å². The van der Waals surface area contributed by atoms with Gasteiger partial charge in [0, 0.05) is 31.6 Å². The van der Waals surface area contributed by atoms with Gasteiger partial charge < -0.3 is 15.1 Å². The molecule has 0 saturated carbocycles. The number of alkyl halides is 6. The second-order valence-corrected chi connectivity index (χ2v) is 8.73. The van der Waals surface area contributed by atoms with Gasteiger partial charge in [-0.3, -0.25) is 4.90 Å². The zero-order chi connectivity index (χ0) is 28.1. The summed E-state index contributed by atoms with van der Waals surface area (Å²) in [6, 6.07) is 16.4. The largest absolute Gasteiger partial charge is 0.490 e. The molecular weight excluding hydrogens is 513 g/mol. The van der Waals surface area contributed by atoms with Crippen molar-refractivity contribution in [3.05, 3.63) is 71.0 Å². The second kappa shape index (κ2) is 11.9. The van der Waals surface area contributed by atoms with Gasteiger partial charge in [-0.2, -0.15) is 26.3 Å². The van der Waals surface area contributed by atoms with Gasteiger partial charge in [0.1, 0.15) is 5.82 Å². The van der Waals surface area contributed by atoms with E-state index in [1.54, 1.807) is 12.1 Å². The Kier molecular flexibility index (Phi) is 9.66. The van der Waals surface area contributed by atoms with Crippen LogP contribution in [0.4, 0.5) is 30.7 Å². The lowest BCUT2D eigenvalue weighted by Crippen LogP contribution is -2.28. The van der Waals surface area contributed by atoms with Crippen molar-refractivity contribution in [1.82, 2.24) is 9.80 Å². The first-order valence-corrected chi connectivity index (χ1v) is 10.8. The summed E-state index contributed by atoms with van der Waals surface area (Å²) in [6.07, 6.45) is -10.2. The molecule has 3 atom stereocenters. The number of hydrogen-bond acceptors (Lipinski definition) is 4. The van der Waals surface area contributed by atoms with E-state index in [1.807, 2.05) is 12.1 Å². The van der Waals surface area contributed by atoms with Crippen LogP contribution in [0.5, 0.6) is 0 Å². The van der Waals surface area contributed by atoms with Crippen molar-refractivity contribution in [3.63, 3.8) is 0 Å². The zero-order valence-corrected chi connectivity index (χ0v) is 19.7. The first-order chi connectivity index (χ1) is 17.0. The average molecular weight is 538 g/mol. The van der Waals surface area contributed by atoms with Crippen LogP contribution in [-0.4, -0.2) is 71.5 Å². The minimum absolute atomic E-state index is 0.159. The van der Waals surface area contributed by atoms with E-state index in [2.05, 4.69) is 48.2 Å². The number of carbonyl (C=O) groups is 2. The van der Waals surface area contributed by atoms with E-state index in [4.69, 9.17) is 19.8 Å². The molecule has 13 heteroatoms. The van der Waals surface area contributed by atoms with E-state index in [9.17, 15) is 30.7 Å². The molecule has 0 unspecified atom stereocenters. The third-order valence-electron chi connectivity index (χ3n) is 5.92. The third-order valence-corrected chi connectivity index (χ3v) is 5.92. The molecule has 0 bridgehead atoms. The summed E-state index contributed by atoms with van der Waals surface area (Å²) in [6.45, 7) is 3.12. The van der Waals surface area contributed by atoms with Gasteiger partial charge in [-0.15, -0.1) is 0 Å². The molecule has 204 valence electrons. The zero-order valence-electron chi connectivity index (χ0n) is 19.7. The Morgan fingerprint density at radius 2 is 1.32 bits per heavy atom. The highest BCUT2D eigenvalue weighted by Crippen LogP contribution is 2.51. The van der Waals surface area contributed by atoms with Gasteiger partial charge in [0.15, 0.2) is 0 Å². The highest BCUT2D eigenvalue weighted by molar-refractivity contribution is 5.73. The summed E-state index contributed by atoms with van der Waals surface area (Å²) in [5.74, 6) is -4.39. The van der Waals surface area contributed by atoms with E-state index in [0.29, 0.717) is 17.9 Å². The minimum Gasteiger partial charge on any atom is -0.475 e. The van der Waals surface area contributed by atoms with Gasteiger partial charge in [-0.25, -0.2) is 14.0 Å². The molecule has 2 aliphatic rings. The van der Waals surface area contributed by atoms with Crippen molar-refractivity contribution in [3.8, 4) is 0 Å². The van der Waals surface area contributed by atoms with Crippen LogP contribution < -0.4 is 0 Å². The maximum Gasteiger partial charge on any atom is 0.490 e. The number of fused-ring (bicyclic) bond motifs is 3. The molecule has 4 rings (SSSR count). The summed E-state index contributed by atoms with van der Waals surface area (Å²) in [5.41, 5.74) is 4.23. The smallest absolute Gasteiger partial charge is 0.475 e. The monoisotopic (exact) mass is 538 g/mol. The van der Waals surface area contributed by atoms with Crippen LogP contribution in [0.3, 0.4) is 0 Å². The Labute approximate surface area is 207 Å². The molecule has 1 heterocycles. The van der Waals surface area contributed by atoms with Crippen molar-refractivity contribution < 1.29 is 50.5 Å². The number of hydrogen-bond donors (Lipinski definition) is 2.